The second-order valence-electron chi connectivity index (χ2n) is 3.54. The molecule has 0 saturated heterocycles. The molecule has 0 unspecified atom stereocenters. The molecule has 72 valence electrons. The maximum absolute atomic E-state index is 6.01. The summed E-state index contributed by atoms with van der Waals surface area (Å²) in [6, 6.07) is 0.734. The molecular weight excluding hydrogens is 182 g/mol. The molecule has 1 aromatic rings. The molecule has 3 N–H and O–H groups in total. The van der Waals surface area contributed by atoms with Gasteiger partial charge in [-0.25, -0.2) is 4.98 Å². The van der Waals surface area contributed by atoms with Crippen molar-refractivity contribution in [3.05, 3.63) is 11.6 Å². The van der Waals surface area contributed by atoms with Gasteiger partial charge >= 0.3 is 0 Å². The highest BCUT2D eigenvalue weighted by Gasteiger charge is 2.21. The van der Waals surface area contributed by atoms with Gasteiger partial charge in [0.15, 0.2) is 5.13 Å². The molecule has 0 bridgehead atoms. The lowest BCUT2D eigenvalue weighted by Crippen LogP contribution is -2.42. The SMILES string of the molecule is N[C@H]1CCCC[C@H]1Nc1nccs1. The van der Waals surface area contributed by atoms with Gasteiger partial charge in [-0.05, 0) is 12.8 Å². The summed E-state index contributed by atoms with van der Waals surface area (Å²) in [5.74, 6) is 0. The van der Waals surface area contributed by atoms with E-state index in [-0.39, 0.29) is 0 Å². The Morgan fingerprint density at radius 1 is 1.46 bits per heavy atom. The number of rotatable bonds is 2. The number of thiazole rings is 1. The highest BCUT2D eigenvalue weighted by atomic mass is 32.1. The monoisotopic (exact) mass is 197 g/mol. The average Bonchev–Trinajstić information content (AvgIpc) is 2.61. The van der Waals surface area contributed by atoms with Gasteiger partial charge in [-0.15, -0.1) is 11.3 Å². The molecule has 1 aromatic heterocycles. The first kappa shape index (κ1) is 8.97. The molecule has 0 aliphatic heterocycles. The van der Waals surface area contributed by atoms with Crippen LogP contribution in [0.3, 0.4) is 0 Å². The smallest absolute Gasteiger partial charge is 0.182 e. The topological polar surface area (TPSA) is 50.9 Å². The third-order valence-corrected chi connectivity index (χ3v) is 3.26. The lowest BCUT2D eigenvalue weighted by Gasteiger charge is -2.28. The van der Waals surface area contributed by atoms with Crippen molar-refractivity contribution < 1.29 is 0 Å². The predicted molar refractivity (Wildman–Crippen MR) is 56.0 cm³/mol. The Morgan fingerprint density at radius 3 is 3.00 bits per heavy atom. The minimum absolute atomic E-state index is 0.303. The van der Waals surface area contributed by atoms with E-state index in [0.717, 1.165) is 11.6 Å². The van der Waals surface area contributed by atoms with Crippen LogP contribution in [0.15, 0.2) is 11.6 Å². The zero-order chi connectivity index (χ0) is 9.10. The summed E-state index contributed by atoms with van der Waals surface area (Å²) in [6.07, 6.45) is 6.71. The fourth-order valence-corrected chi connectivity index (χ4v) is 2.38. The first-order valence-corrected chi connectivity index (χ1v) is 5.66. The first-order chi connectivity index (χ1) is 6.36. The van der Waals surface area contributed by atoms with Crippen molar-refractivity contribution in [1.29, 1.82) is 0 Å². The van der Waals surface area contributed by atoms with E-state index in [2.05, 4.69) is 10.3 Å². The van der Waals surface area contributed by atoms with Gasteiger partial charge in [0.05, 0.1) is 0 Å². The van der Waals surface area contributed by atoms with Crippen molar-refractivity contribution in [2.24, 2.45) is 5.73 Å². The molecule has 1 aliphatic carbocycles. The largest absolute Gasteiger partial charge is 0.357 e. The minimum Gasteiger partial charge on any atom is -0.357 e. The van der Waals surface area contributed by atoms with Gasteiger partial charge in [-0.3, -0.25) is 0 Å². The standard InChI is InChI=1S/C9H15N3S/c10-7-3-1-2-4-8(7)12-9-11-5-6-13-9/h5-8H,1-4,10H2,(H,11,12)/t7-,8+/m0/s1. The third kappa shape index (κ3) is 2.19. The quantitative estimate of drug-likeness (QED) is 0.760. The van der Waals surface area contributed by atoms with E-state index >= 15 is 0 Å². The Balaban J connectivity index is 1.93. The van der Waals surface area contributed by atoms with E-state index in [9.17, 15) is 0 Å². The van der Waals surface area contributed by atoms with Crippen LogP contribution in [0.25, 0.3) is 0 Å². The van der Waals surface area contributed by atoms with Crippen LogP contribution in [0.4, 0.5) is 5.13 Å². The number of hydrogen-bond acceptors (Lipinski definition) is 4. The number of nitrogens with zero attached hydrogens (tertiary/aromatic N) is 1. The van der Waals surface area contributed by atoms with Crippen LogP contribution in [0.2, 0.25) is 0 Å². The predicted octanol–water partition coefficient (Wildman–Crippen LogP) is 1.82. The van der Waals surface area contributed by atoms with E-state index < -0.39 is 0 Å². The van der Waals surface area contributed by atoms with Crippen molar-refractivity contribution in [3.63, 3.8) is 0 Å². The van der Waals surface area contributed by atoms with Crippen LogP contribution in [-0.4, -0.2) is 17.1 Å². The molecule has 1 aliphatic rings. The summed E-state index contributed by atoms with van der Waals surface area (Å²) in [7, 11) is 0. The van der Waals surface area contributed by atoms with Crippen LogP contribution in [-0.2, 0) is 0 Å². The molecule has 2 atom stereocenters. The van der Waals surface area contributed by atoms with Crippen molar-refractivity contribution in [2.45, 2.75) is 37.8 Å². The van der Waals surface area contributed by atoms with Crippen LogP contribution in [0.1, 0.15) is 25.7 Å². The fraction of sp³-hybridized carbons (Fsp3) is 0.667. The van der Waals surface area contributed by atoms with Crippen molar-refractivity contribution in [1.82, 2.24) is 4.98 Å². The van der Waals surface area contributed by atoms with Gasteiger partial charge in [0.1, 0.15) is 0 Å². The second-order valence-corrected chi connectivity index (χ2v) is 4.43. The van der Waals surface area contributed by atoms with Crippen LogP contribution in [0, 0.1) is 0 Å². The molecule has 1 fully saturated rings. The summed E-state index contributed by atoms with van der Waals surface area (Å²) in [5, 5.41) is 6.38. The molecule has 1 saturated carbocycles. The van der Waals surface area contributed by atoms with E-state index in [1.807, 2.05) is 11.6 Å². The van der Waals surface area contributed by atoms with E-state index in [1.54, 1.807) is 11.3 Å². The van der Waals surface area contributed by atoms with Gasteiger partial charge in [0.2, 0.25) is 0 Å². The highest BCUT2D eigenvalue weighted by molar-refractivity contribution is 7.13. The Bertz CT molecular complexity index is 247. The number of nitrogens with one attached hydrogen (secondary N) is 1. The number of anilines is 1. The summed E-state index contributed by atoms with van der Waals surface area (Å²) in [6.45, 7) is 0. The number of nitrogens with two attached hydrogens (primary N) is 1. The van der Waals surface area contributed by atoms with Gasteiger partial charge in [0.25, 0.3) is 0 Å². The van der Waals surface area contributed by atoms with Crippen LogP contribution < -0.4 is 11.1 Å². The van der Waals surface area contributed by atoms with Gasteiger partial charge in [0, 0.05) is 23.7 Å². The maximum atomic E-state index is 6.01. The summed E-state index contributed by atoms with van der Waals surface area (Å²) in [4.78, 5) is 4.20. The van der Waals surface area contributed by atoms with Crippen molar-refractivity contribution >= 4 is 16.5 Å². The molecule has 0 aromatic carbocycles. The zero-order valence-corrected chi connectivity index (χ0v) is 8.39. The van der Waals surface area contributed by atoms with Crippen molar-refractivity contribution in [3.8, 4) is 0 Å². The summed E-state index contributed by atoms with van der Waals surface area (Å²) in [5.41, 5.74) is 6.01. The molecule has 0 radical (unpaired) electrons. The minimum atomic E-state index is 0.303. The molecule has 13 heavy (non-hydrogen) atoms. The van der Waals surface area contributed by atoms with Crippen LogP contribution >= 0.6 is 11.3 Å². The normalized spacial score (nSPS) is 28.7. The summed E-state index contributed by atoms with van der Waals surface area (Å²) >= 11 is 1.64. The fourth-order valence-electron chi connectivity index (χ4n) is 1.79. The average molecular weight is 197 g/mol. The van der Waals surface area contributed by atoms with E-state index in [1.165, 1.54) is 19.3 Å². The molecule has 3 nitrogen and oxygen atoms in total. The number of hydrogen-bond donors (Lipinski definition) is 2. The second kappa shape index (κ2) is 4.07. The highest BCUT2D eigenvalue weighted by Crippen LogP contribution is 2.21. The molecule has 0 amide bonds. The van der Waals surface area contributed by atoms with Crippen molar-refractivity contribution in [2.75, 3.05) is 5.32 Å². The van der Waals surface area contributed by atoms with E-state index in [4.69, 9.17) is 5.73 Å². The lowest BCUT2D eigenvalue weighted by molar-refractivity contribution is 0.404. The Kier molecular flexibility index (Phi) is 2.80. The van der Waals surface area contributed by atoms with Gasteiger partial charge < -0.3 is 11.1 Å². The molecule has 2 rings (SSSR count). The van der Waals surface area contributed by atoms with E-state index in [0.29, 0.717) is 12.1 Å². The Labute approximate surface area is 82.4 Å². The number of aromatic nitrogens is 1. The van der Waals surface area contributed by atoms with Gasteiger partial charge in [-0.1, -0.05) is 12.8 Å². The third-order valence-electron chi connectivity index (χ3n) is 2.56. The molecular formula is C9H15N3S. The Morgan fingerprint density at radius 2 is 2.31 bits per heavy atom. The zero-order valence-electron chi connectivity index (χ0n) is 7.57. The maximum Gasteiger partial charge on any atom is 0.182 e. The molecule has 0 spiro atoms. The van der Waals surface area contributed by atoms with Crippen LogP contribution in [0.5, 0.6) is 0 Å². The first-order valence-electron chi connectivity index (χ1n) is 4.78. The summed E-state index contributed by atoms with van der Waals surface area (Å²) < 4.78 is 0. The van der Waals surface area contributed by atoms with Gasteiger partial charge in [-0.2, -0.15) is 0 Å². The Hall–Kier alpha value is -0.610. The molecule has 1 heterocycles. The lowest BCUT2D eigenvalue weighted by atomic mass is 9.91. The molecule has 4 heteroatoms.